The molecular formula is C13H30N6S. The molecule has 6 N–H and O–H groups in total. The molecule has 0 aliphatic rings. The third-order valence-electron chi connectivity index (χ3n) is 2.35. The van der Waals surface area contributed by atoms with Crippen molar-refractivity contribution in [1.29, 1.82) is 0 Å². The maximum atomic E-state index is 5.38. The highest BCUT2D eigenvalue weighted by Crippen LogP contribution is 1.85. The van der Waals surface area contributed by atoms with Crippen molar-refractivity contribution in [2.45, 2.75) is 13.8 Å². The fraction of sp³-hybridized carbons (Fsp3) is 0.846. The van der Waals surface area contributed by atoms with Gasteiger partial charge in [0, 0.05) is 58.6 Å². The smallest absolute Gasteiger partial charge is 0.192 e. The predicted octanol–water partition coefficient (Wildman–Crippen LogP) is -0.685. The van der Waals surface area contributed by atoms with Crippen LogP contribution < -0.4 is 27.0 Å². The van der Waals surface area contributed by atoms with Crippen molar-refractivity contribution in [1.82, 2.24) is 21.3 Å². The Hall–Kier alpha value is -0.600. The van der Waals surface area contributed by atoms with E-state index in [1.807, 2.05) is 6.21 Å². The quantitative estimate of drug-likeness (QED) is 0.186. The number of nitrogens with two attached hydrogens (primary N) is 1. The van der Waals surface area contributed by atoms with Gasteiger partial charge in [0.1, 0.15) is 0 Å². The average Bonchev–Trinajstić information content (AvgIpc) is 2.42. The van der Waals surface area contributed by atoms with E-state index in [9.17, 15) is 0 Å². The largest absolute Gasteiger partial charge is 0.360 e. The minimum Gasteiger partial charge on any atom is -0.360 e. The van der Waals surface area contributed by atoms with Gasteiger partial charge in [-0.2, -0.15) is 0 Å². The first kappa shape index (κ1) is 19.4. The lowest BCUT2D eigenvalue weighted by Gasteiger charge is -2.08. The Morgan fingerprint density at radius 1 is 1.00 bits per heavy atom. The SMILES string of the molecule is CC(C)C=NC(=S)NCCNCCNCCNCCN. The second-order valence-electron chi connectivity index (χ2n) is 4.79. The van der Waals surface area contributed by atoms with Crippen LogP contribution >= 0.6 is 12.2 Å². The number of hydrogen-bond acceptors (Lipinski definition) is 5. The van der Waals surface area contributed by atoms with E-state index in [1.165, 1.54) is 0 Å². The summed E-state index contributed by atoms with van der Waals surface area (Å²) in [6, 6.07) is 0. The highest BCUT2D eigenvalue weighted by atomic mass is 32.1. The number of aliphatic imine (C=N–C) groups is 1. The van der Waals surface area contributed by atoms with Crippen molar-refractivity contribution in [2.75, 3.05) is 52.4 Å². The molecule has 6 nitrogen and oxygen atoms in total. The summed E-state index contributed by atoms with van der Waals surface area (Å²) in [5.41, 5.74) is 5.38. The fourth-order valence-corrected chi connectivity index (χ4v) is 1.51. The van der Waals surface area contributed by atoms with Crippen LogP contribution in [0, 0.1) is 5.92 Å². The molecule has 0 amide bonds. The lowest BCUT2D eigenvalue weighted by molar-refractivity contribution is 0.582. The molecule has 0 atom stereocenters. The third-order valence-corrected chi connectivity index (χ3v) is 2.60. The molecule has 0 heterocycles. The second kappa shape index (κ2) is 14.8. The van der Waals surface area contributed by atoms with Gasteiger partial charge in [0.05, 0.1) is 0 Å². The van der Waals surface area contributed by atoms with E-state index in [0.29, 0.717) is 17.6 Å². The Morgan fingerprint density at radius 3 is 2.00 bits per heavy atom. The van der Waals surface area contributed by atoms with Gasteiger partial charge in [-0.05, 0) is 18.1 Å². The minimum absolute atomic E-state index is 0.429. The molecule has 0 saturated carbocycles. The van der Waals surface area contributed by atoms with Gasteiger partial charge < -0.3 is 27.0 Å². The minimum atomic E-state index is 0.429. The Kier molecular flexibility index (Phi) is 14.4. The number of rotatable bonds is 12. The first-order valence-corrected chi connectivity index (χ1v) is 7.72. The molecule has 0 aliphatic carbocycles. The topological polar surface area (TPSA) is 86.5 Å². The normalized spacial score (nSPS) is 11.4. The van der Waals surface area contributed by atoms with Gasteiger partial charge in [-0.25, -0.2) is 4.99 Å². The standard InChI is InChI=1S/C13H30N6S/c1-12(2)11-19-13(20)18-10-9-17-8-7-16-6-5-15-4-3-14/h11-12,15-17H,3-10,14H2,1-2H3,(H,18,20). The van der Waals surface area contributed by atoms with Crippen LogP contribution in [0.1, 0.15) is 13.8 Å². The summed E-state index contributed by atoms with van der Waals surface area (Å²) in [6.45, 7) is 11.2. The number of hydrogen-bond donors (Lipinski definition) is 5. The fourth-order valence-electron chi connectivity index (χ4n) is 1.35. The predicted molar refractivity (Wildman–Crippen MR) is 91.6 cm³/mol. The Labute approximate surface area is 128 Å². The van der Waals surface area contributed by atoms with Gasteiger partial charge in [0.2, 0.25) is 0 Å². The number of nitrogens with one attached hydrogen (secondary N) is 4. The first-order chi connectivity index (χ1) is 9.66. The lowest BCUT2D eigenvalue weighted by atomic mass is 10.3. The monoisotopic (exact) mass is 302 g/mol. The number of thiocarbonyl (C=S) groups is 1. The van der Waals surface area contributed by atoms with Gasteiger partial charge in [-0.3, -0.25) is 0 Å². The van der Waals surface area contributed by atoms with Crippen LogP contribution in [0.4, 0.5) is 0 Å². The Bertz CT molecular complexity index is 257. The van der Waals surface area contributed by atoms with Crippen LogP contribution in [0.3, 0.4) is 0 Å². The summed E-state index contributed by atoms with van der Waals surface area (Å²) >= 11 is 5.08. The molecule has 20 heavy (non-hydrogen) atoms. The summed E-state index contributed by atoms with van der Waals surface area (Å²) < 4.78 is 0. The molecule has 0 aromatic heterocycles. The van der Waals surface area contributed by atoms with Crippen LogP contribution in [0.2, 0.25) is 0 Å². The van der Waals surface area contributed by atoms with E-state index in [4.69, 9.17) is 18.0 Å². The first-order valence-electron chi connectivity index (χ1n) is 7.31. The Balaban J connectivity index is 3.18. The van der Waals surface area contributed by atoms with Gasteiger partial charge >= 0.3 is 0 Å². The molecule has 0 fully saturated rings. The maximum absolute atomic E-state index is 5.38. The molecular weight excluding hydrogens is 272 g/mol. The van der Waals surface area contributed by atoms with Crippen molar-refractivity contribution >= 4 is 23.5 Å². The van der Waals surface area contributed by atoms with Gasteiger partial charge in [0.15, 0.2) is 5.11 Å². The maximum Gasteiger partial charge on any atom is 0.192 e. The van der Waals surface area contributed by atoms with Gasteiger partial charge in [-0.15, -0.1) is 0 Å². The van der Waals surface area contributed by atoms with Crippen LogP contribution in [-0.2, 0) is 0 Å². The van der Waals surface area contributed by atoms with E-state index < -0.39 is 0 Å². The van der Waals surface area contributed by atoms with Gasteiger partial charge in [-0.1, -0.05) is 13.8 Å². The highest BCUT2D eigenvalue weighted by molar-refractivity contribution is 7.80. The molecule has 0 unspecified atom stereocenters. The third kappa shape index (κ3) is 15.5. The molecule has 118 valence electrons. The average molecular weight is 302 g/mol. The molecule has 0 rings (SSSR count). The molecule has 0 saturated heterocycles. The van der Waals surface area contributed by atoms with E-state index in [0.717, 1.165) is 45.8 Å². The molecule has 7 heteroatoms. The summed E-state index contributed by atoms with van der Waals surface area (Å²) in [7, 11) is 0. The van der Waals surface area contributed by atoms with E-state index in [1.54, 1.807) is 0 Å². The number of nitrogens with zero attached hydrogens (tertiary/aromatic N) is 1. The molecule has 0 spiro atoms. The van der Waals surface area contributed by atoms with Crippen LogP contribution in [0.5, 0.6) is 0 Å². The summed E-state index contributed by atoms with van der Waals surface area (Å²) in [4.78, 5) is 4.15. The van der Waals surface area contributed by atoms with Crippen LogP contribution in [0.25, 0.3) is 0 Å². The van der Waals surface area contributed by atoms with Crippen molar-refractivity contribution < 1.29 is 0 Å². The van der Waals surface area contributed by atoms with E-state index >= 15 is 0 Å². The zero-order valence-electron chi connectivity index (χ0n) is 12.7. The van der Waals surface area contributed by atoms with E-state index in [-0.39, 0.29) is 0 Å². The van der Waals surface area contributed by atoms with Crippen molar-refractivity contribution in [3.63, 3.8) is 0 Å². The molecule has 0 aromatic carbocycles. The molecule has 0 aromatic rings. The molecule has 0 aliphatic heterocycles. The summed E-state index contributed by atoms with van der Waals surface area (Å²) in [6.07, 6.45) is 1.85. The highest BCUT2D eigenvalue weighted by Gasteiger charge is 1.93. The lowest BCUT2D eigenvalue weighted by Crippen LogP contribution is -2.36. The van der Waals surface area contributed by atoms with E-state index in [2.05, 4.69) is 40.1 Å². The van der Waals surface area contributed by atoms with Crippen LogP contribution in [0.15, 0.2) is 4.99 Å². The summed E-state index contributed by atoms with van der Waals surface area (Å²) in [5, 5.41) is 13.6. The second-order valence-corrected chi connectivity index (χ2v) is 5.18. The molecule has 0 radical (unpaired) electrons. The van der Waals surface area contributed by atoms with Crippen LogP contribution in [-0.4, -0.2) is 63.7 Å². The zero-order valence-corrected chi connectivity index (χ0v) is 13.6. The van der Waals surface area contributed by atoms with Crippen molar-refractivity contribution in [2.24, 2.45) is 16.6 Å². The summed E-state index contributed by atoms with van der Waals surface area (Å²) in [5.74, 6) is 0.429. The Morgan fingerprint density at radius 2 is 1.50 bits per heavy atom. The van der Waals surface area contributed by atoms with Crippen molar-refractivity contribution in [3.8, 4) is 0 Å². The van der Waals surface area contributed by atoms with Crippen molar-refractivity contribution in [3.05, 3.63) is 0 Å². The zero-order chi connectivity index (χ0) is 15.1. The van der Waals surface area contributed by atoms with Gasteiger partial charge in [0.25, 0.3) is 0 Å². The molecule has 0 bridgehead atoms.